The molecular weight excluding hydrogens is 451 g/mol. The molecule has 1 fully saturated rings. The van der Waals surface area contributed by atoms with Gasteiger partial charge in [-0.2, -0.15) is 0 Å². The van der Waals surface area contributed by atoms with E-state index in [0.717, 1.165) is 18.7 Å². The highest BCUT2D eigenvalue weighted by Gasteiger charge is 2.21. The van der Waals surface area contributed by atoms with E-state index in [9.17, 15) is 9.18 Å². The van der Waals surface area contributed by atoms with Gasteiger partial charge in [-0.3, -0.25) is 9.69 Å². The van der Waals surface area contributed by atoms with Crippen molar-refractivity contribution in [3.05, 3.63) is 47.8 Å². The van der Waals surface area contributed by atoms with E-state index in [1.165, 1.54) is 6.07 Å². The summed E-state index contributed by atoms with van der Waals surface area (Å²) in [6.45, 7) is 4.01. The van der Waals surface area contributed by atoms with Crippen LogP contribution in [0.3, 0.4) is 0 Å². The normalized spacial score (nSPS) is 13.8. The summed E-state index contributed by atoms with van der Waals surface area (Å²) in [6.07, 6.45) is 1.00. The summed E-state index contributed by atoms with van der Waals surface area (Å²) in [5.41, 5.74) is 0.955. The molecule has 0 aromatic heterocycles. The Hall–Kier alpha value is -2.71. The van der Waals surface area contributed by atoms with Gasteiger partial charge in [0.25, 0.3) is 0 Å². The van der Waals surface area contributed by atoms with Gasteiger partial charge < -0.3 is 23.8 Å². The summed E-state index contributed by atoms with van der Waals surface area (Å²) < 4.78 is 35.3. The lowest BCUT2D eigenvalue weighted by Crippen LogP contribution is -2.49. The second kappa shape index (κ2) is 13.1. The molecular formula is C24H32ClFN2O5. The molecule has 2 aromatic carbocycles. The first kappa shape index (κ1) is 26.5. The van der Waals surface area contributed by atoms with Gasteiger partial charge in [0.1, 0.15) is 6.61 Å². The number of nitrogens with zero attached hydrogens (tertiary/aromatic N) is 2. The highest BCUT2D eigenvalue weighted by molar-refractivity contribution is 5.85. The van der Waals surface area contributed by atoms with Crippen molar-refractivity contribution in [3.63, 3.8) is 0 Å². The molecule has 1 amide bonds. The number of amides is 1. The maximum Gasteiger partial charge on any atom is 0.222 e. The number of hydrogen-bond donors (Lipinski definition) is 0. The molecule has 9 heteroatoms. The Morgan fingerprint density at radius 2 is 1.58 bits per heavy atom. The fourth-order valence-electron chi connectivity index (χ4n) is 3.76. The van der Waals surface area contributed by atoms with Crippen LogP contribution in [0.1, 0.15) is 12.0 Å². The summed E-state index contributed by atoms with van der Waals surface area (Å²) in [5.74, 6) is 1.75. The predicted octanol–water partition coefficient (Wildman–Crippen LogP) is 3.43. The third-order valence-electron chi connectivity index (χ3n) is 5.58. The molecule has 7 nitrogen and oxygen atoms in total. The van der Waals surface area contributed by atoms with Gasteiger partial charge in [-0.15, -0.1) is 12.4 Å². The molecule has 0 bridgehead atoms. The van der Waals surface area contributed by atoms with Crippen LogP contribution in [0, 0.1) is 5.82 Å². The molecule has 0 atom stereocenters. The number of benzene rings is 2. The van der Waals surface area contributed by atoms with Crippen LogP contribution in [-0.2, 0) is 11.2 Å². The fraction of sp³-hybridized carbons (Fsp3) is 0.458. The van der Waals surface area contributed by atoms with E-state index in [-0.39, 0.29) is 29.9 Å². The van der Waals surface area contributed by atoms with Gasteiger partial charge in [0.15, 0.2) is 23.1 Å². The van der Waals surface area contributed by atoms with Gasteiger partial charge in [0.05, 0.1) is 21.3 Å². The van der Waals surface area contributed by atoms with Crippen LogP contribution in [0.25, 0.3) is 0 Å². The quantitative estimate of drug-likeness (QED) is 0.517. The van der Waals surface area contributed by atoms with E-state index in [2.05, 4.69) is 4.90 Å². The molecule has 1 saturated heterocycles. The first-order valence-corrected chi connectivity index (χ1v) is 10.7. The summed E-state index contributed by atoms with van der Waals surface area (Å²) in [5, 5.41) is 0. The lowest BCUT2D eigenvalue weighted by Gasteiger charge is -2.34. The van der Waals surface area contributed by atoms with Crippen molar-refractivity contribution >= 4 is 18.3 Å². The Morgan fingerprint density at radius 1 is 0.939 bits per heavy atom. The molecule has 0 spiro atoms. The minimum absolute atomic E-state index is 0. The standard InChI is InChI=1S/C24H31FN2O5.ClH/c1-29-21-16-18(17-22(30-2)24(21)31-3)8-9-23(28)27-12-10-26(11-13-27)14-15-32-20-7-5-4-6-19(20)25;/h4-7,16-17H,8-15H2,1-3H3;1H. The molecule has 1 aliphatic heterocycles. The van der Waals surface area contributed by atoms with Crippen molar-refractivity contribution in [2.75, 3.05) is 60.7 Å². The Bertz CT molecular complexity index is 881. The molecule has 1 aliphatic rings. The minimum atomic E-state index is -0.352. The molecule has 33 heavy (non-hydrogen) atoms. The van der Waals surface area contributed by atoms with Crippen LogP contribution in [0.15, 0.2) is 36.4 Å². The number of carbonyl (C=O) groups excluding carboxylic acids is 1. The lowest BCUT2D eigenvalue weighted by atomic mass is 10.1. The van der Waals surface area contributed by atoms with Gasteiger partial charge >= 0.3 is 0 Å². The number of carbonyl (C=O) groups is 1. The van der Waals surface area contributed by atoms with E-state index in [1.54, 1.807) is 39.5 Å². The average molecular weight is 483 g/mol. The lowest BCUT2D eigenvalue weighted by molar-refractivity contribution is -0.132. The molecule has 0 unspecified atom stereocenters. The maximum absolute atomic E-state index is 13.6. The first-order valence-electron chi connectivity index (χ1n) is 10.7. The maximum atomic E-state index is 13.6. The van der Waals surface area contributed by atoms with Crippen LogP contribution in [0.2, 0.25) is 0 Å². The number of methoxy groups -OCH3 is 3. The predicted molar refractivity (Wildman–Crippen MR) is 127 cm³/mol. The summed E-state index contributed by atoms with van der Waals surface area (Å²) in [6, 6.07) is 10.2. The Balaban J connectivity index is 0.00000385. The van der Waals surface area contributed by atoms with Crippen LogP contribution in [-0.4, -0.2) is 76.4 Å². The number of aryl methyl sites for hydroxylation is 1. The zero-order valence-electron chi connectivity index (χ0n) is 19.3. The number of rotatable bonds is 10. The van der Waals surface area contributed by atoms with E-state index in [1.807, 2.05) is 17.0 Å². The zero-order chi connectivity index (χ0) is 22.9. The smallest absolute Gasteiger partial charge is 0.222 e. The van der Waals surface area contributed by atoms with E-state index >= 15 is 0 Å². The second-order valence-electron chi connectivity index (χ2n) is 7.53. The molecule has 0 saturated carbocycles. The molecule has 0 radical (unpaired) electrons. The van der Waals surface area contributed by atoms with Crippen molar-refractivity contribution in [2.45, 2.75) is 12.8 Å². The molecule has 0 N–H and O–H groups in total. The largest absolute Gasteiger partial charge is 0.493 e. The van der Waals surface area contributed by atoms with E-state index in [4.69, 9.17) is 18.9 Å². The van der Waals surface area contributed by atoms with Crippen LogP contribution in [0.5, 0.6) is 23.0 Å². The van der Waals surface area contributed by atoms with E-state index in [0.29, 0.717) is 56.3 Å². The molecule has 1 heterocycles. The van der Waals surface area contributed by atoms with Crippen LogP contribution < -0.4 is 18.9 Å². The molecule has 182 valence electrons. The third-order valence-corrected chi connectivity index (χ3v) is 5.58. The molecule has 0 aliphatic carbocycles. The van der Waals surface area contributed by atoms with Crippen LogP contribution in [0.4, 0.5) is 4.39 Å². The van der Waals surface area contributed by atoms with Gasteiger partial charge in [-0.1, -0.05) is 12.1 Å². The highest BCUT2D eigenvalue weighted by Crippen LogP contribution is 2.38. The minimum Gasteiger partial charge on any atom is -0.493 e. The SMILES string of the molecule is COc1cc(CCC(=O)N2CCN(CCOc3ccccc3F)CC2)cc(OC)c1OC.Cl. The zero-order valence-corrected chi connectivity index (χ0v) is 20.2. The van der Waals surface area contributed by atoms with Crippen molar-refractivity contribution in [1.82, 2.24) is 9.80 Å². The Morgan fingerprint density at radius 3 is 2.15 bits per heavy atom. The van der Waals surface area contributed by atoms with Gasteiger partial charge in [-0.05, 0) is 36.2 Å². The number of para-hydroxylation sites is 1. The van der Waals surface area contributed by atoms with Crippen LogP contribution >= 0.6 is 12.4 Å². The van der Waals surface area contributed by atoms with Crippen molar-refractivity contribution in [3.8, 4) is 23.0 Å². The van der Waals surface area contributed by atoms with Gasteiger partial charge in [-0.25, -0.2) is 4.39 Å². The third kappa shape index (κ3) is 7.14. The molecule has 2 aromatic rings. The fourth-order valence-corrected chi connectivity index (χ4v) is 3.76. The van der Waals surface area contributed by atoms with Gasteiger partial charge in [0.2, 0.25) is 11.7 Å². The van der Waals surface area contributed by atoms with Crippen molar-refractivity contribution < 1.29 is 28.1 Å². The highest BCUT2D eigenvalue weighted by atomic mass is 35.5. The Labute approximate surface area is 200 Å². The Kier molecular flexibility index (Phi) is 10.5. The van der Waals surface area contributed by atoms with Gasteiger partial charge in [0, 0.05) is 39.1 Å². The summed E-state index contributed by atoms with van der Waals surface area (Å²) in [7, 11) is 4.72. The number of ether oxygens (including phenoxy) is 4. The van der Waals surface area contributed by atoms with Crippen molar-refractivity contribution in [1.29, 1.82) is 0 Å². The van der Waals surface area contributed by atoms with E-state index < -0.39 is 0 Å². The first-order chi connectivity index (χ1) is 15.5. The number of halogens is 2. The summed E-state index contributed by atoms with van der Waals surface area (Å²) in [4.78, 5) is 16.8. The molecule has 3 rings (SSSR count). The average Bonchev–Trinajstić information content (AvgIpc) is 2.83. The van der Waals surface area contributed by atoms with Crippen molar-refractivity contribution in [2.24, 2.45) is 0 Å². The monoisotopic (exact) mass is 482 g/mol. The number of piperazine rings is 1. The summed E-state index contributed by atoms with van der Waals surface area (Å²) >= 11 is 0. The topological polar surface area (TPSA) is 60.5 Å². The second-order valence-corrected chi connectivity index (χ2v) is 7.53. The number of hydrogen-bond acceptors (Lipinski definition) is 6.